The van der Waals surface area contributed by atoms with Crippen LogP contribution in [0, 0.1) is 5.41 Å². The molecule has 0 spiro atoms. The van der Waals surface area contributed by atoms with Crippen molar-refractivity contribution in [3.05, 3.63) is 0 Å². The topological polar surface area (TPSA) is 58.6 Å². The zero-order valence-electron chi connectivity index (χ0n) is 12.8. The lowest BCUT2D eigenvalue weighted by Crippen LogP contribution is -2.47. The number of hydrogen-bond donors (Lipinski definition) is 2. The number of aliphatic hydroxyl groups is 1. The van der Waals surface area contributed by atoms with Crippen LogP contribution in [-0.4, -0.2) is 35.9 Å². The largest absolute Gasteiger partial charge is 0.466 e. The van der Waals surface area contributed by atoms with E-state index in [0.29, 0.717) is 25.0 Å². The Hall–Kier alpha value is -0.610. The second-order valence-corrected chi connectivity index (χ2v) is 6.68. The molecule has 4 heteroatoms. The van der Waals surface area contributed by atoms with Gasteiger partial charge < -0.3 is 15.2 Å². The van der Waals surface area contributed by atoms with Crippen LogP contribution in [0.4, 0.5) is 0 Å². The standard InChI is InChI=1S/C15H29NO3/c1-5-19-13(17)10-12(2)16-11-15(18)8-6-14(3,4)7-9-15/h12,16,18H,5-11H2,1-4H3. The van der Waals surface area contributed by atoms with Gasteiger partial charge in [0, 0.05) is 12.6 Å². The lowest BCUT2D eigenvalue weighted by atomic mass is 9.71. The molecule has 0 aromatic carbocycles. The fourth-order valence-corrected chi connectivity index (χ4v) is 2.48. The van der Waals surface area contributed by atoms with E-state index in [-0.39, 0.29) is 12.0 Å². The van der Waals surface area contributed by atoms with E-state index in [4.69, 9.17) is 4.74 Å². The van der Waals surface area contributed by atoms with Gasteiger partial charge in [-0.15, -0.1) is 0 Å². The van der Waals surface area contributed by atoms with Gasteiger partial charge in [0.15, 0.2) is 0 Å². The Morgan fingerprint density at radius 2 is 1.89 bits per heavy atom. The fraction of sp³-hybridized carbons (Fsp3) is 0.933. The molecular weight excluding hydrogens is 242 g/mol. The van der Waals surface area contributed by atoms with Crippen molar-refractivity contribution in [2.24, 2.45) is 5.41 Å². The van der Waals surface area contributed by atoms with Gasteiger partial charge in [-0.3, -0.25) is 4.79 Å². The molecular formula is C15H29NO3. The molecule has 0 aromatic rings. The molecule has 112 valence electrons. The van der Waals surface area contributed by atoms with Gasteiger partial charge in [0.05, 0.1) is 18.6 Å². The highest BCUT2D eigenvalue weighted by molar-refractivity contribution is 5.69. The third-order valence-corrected chi connectivity index (χ3v) is 4.09. The Bertz CT molecular complexity index is 292. The van der Waals surface area contributed by atoms with Crippen molar-refractivity contribution in [2.45, 2.75) is 71.4 Å². The molecule has 0 saturated heterocycles. The summed E-state index contributed by atoms with van der Waals surface area (Å²) in [6, 6.07) is 0.0398. The molecule has 1 saturated carbocycles. The van der Waals surface area contributed by atoms with Crippen LogP contribution < -0.4 is 5.32 Å². The highest BCUT2D eigenvalue weighted by Gasteiger charge is 2.36. The van der Waals surface area contributed by atoms with Crippen LogP contribution in [0.3, 0.4) is 0 Å². The van der Waals surface area contributed by atoms with E-state index in [2.05, 4.69) is 19.2 Å². The number of ether oxygens (including phenoxy) is 1. The van der Waals surface area contributed by atoms with Crippen LogP contribution in [0.2, 0.25) is 0 Å². The summed E-state index contributed by atoms with van der Waals surface area (Å²) in [5.41, 5.74) is -0.263. The van der Waals surface area contributed by atoms with Crippen molar-refractivity contribution in [1.29, 1.82) is 0 Å². The molecule has 4 nitrogen and oxygen atoms in total. The van der Waals surface area contributed by atoms with Crippen LogP contribution in [0.5, 0.6) is 0 Å². The molecule has 0 aromatic heterocycles. The molecule has 0 amide bonds. The van der Waals surface area contributed by atoms with Gasteiger partial charge in [-0.2, -0.15) is 0 Å². The molecule has 0 bridgehead atoms. The second-order valence-electron chi connectivity index (χ2n) is 6.68. The summed E-state index contributed by atoms with van der Waals surface area (Å²) >= 11 is 0. The van der Waals surface area contributed by atoms with E-state index >= 15 is 0 Å². The molecule has 1 rings (SSSR count). The van der Waals surface area contributed by atoms with Crippen molar-refractivity contribution in [1.82, 2.24) is 5.32 Å². The molecule has 1 aliphatic rings. The quantitative estimate of drug-likeness (QED) is 0.727. The molecule has 0 radical (unpaired) electrons. The summed E-state index contributed by atoms with van der Waals surface area (Å²) < 4.78 is 4.92. The van der Waals surface area contributed by atoms with Crippen molar-refractivity contribution in [3.63, 3.8) is 0 Å². The normalized spacial score (nSPS) is 22.8. The summed E-state index contributed by atoms with van der Waals surface area (Å²) in [7, 11) is 0. The highest BCUT2D eigenvalue weighted by atomic mass is 16.5. The molecule has 0 aliphatic heterocycles. The maximum absolute atomic E-state index is 11.3. The van der Waals surface area contributed by atoms with E-state index in [9.17, 15) is 9.90 Å². The molecule has 1 atom stereocenters. The predicted molar refractivity (Wildman–Crippen MR) is 75.9 cm³/mol. The molecule has 1 aliphatic carbocycles. The van der Waals surface area contributed by atoms with Crippen molar-refractivity contribution >= 4 is 5.97 Å². The number of esters is 1. The summed E-state index contributed by atoms with van der Waals surface area (Å²) in [6.07, 6.45) is 4.13. The minimum Gasteiger partial charge on any atom is -0.466 e. The van der Waals surface area contributed by atoms with Crippen LogP contribution >= 0.6 is 0 Å². The Labute approximate surface area is 116 Å². The first-order chi connectivity index (χ1) is 8.76. The lowest BCUT2D eigenvalue weighted by Gasteiger charge is -2.40. The van der Waals surface area contributed by atoms with Crippen molar-refractivity contribution < 1.29 is 14.6 Å². The lowest BCUT2D eigenvalue weighted by molar-refractivity contribution is -0.143. The third kappa shape index (κ3) is 5.91. The first kappa shape index (κ1) is 16.4. The Balaban J connectivity index is 2.30. The maximum Gasteiger partial charge on any atom is 0.307 e. The molecule has 1 unspecified atom stereocenters. The number of rotatable bonds is 6. The van der Waals surface area contributed by atoms with Gasteiger partial charge in [0.25, 0.3) is 0 Å². The predicted octanol–water partition coefficient (Wildman–Crippen LogP) is 2.25. The number of carbonyl (C=O) groups is 1. The molecule has 1 fully saturated rings. The zero-order chi connectivity index (χ0) is 14.5. The van der Waals surface area contributed by atoms with Gasteiger partial charge in [-0.05, 0) is 44.9 Å². The zero-order valence-corrected chi connectivity index (χ0v) is 12.8. The van der Waals surface area contributed by atoms with Crippen molar-refractivity contribution in [3.8, 4) is 0 Å². The van der Waals surface area contributed by atoms with Gasteiger partial charge >= 0.3 is 5.97 Å². The fourth-order valence-electron chi connectivity index (χ4n) is 2.48. The highest BCUT2D eigenvalue weighted by Crippen LogP contribution is 2.39. The van der Waals surface area contributed by atoms with E-state index in [1.807, 2.05) is 13.8 Å². The maximum atomic E-state index is 11.3. The monoisotopic (exact) mass is 271 g/mol. The molecule has 19 heavy (non-hydrogen) atoms. The van der Waals surface area contributed by atoms with Crippen LogP contribution in [0.1, 0.15) is 59.8 Å². The Morgan fingerprint density at radius 3 is 2.42 bits per heavy atom. The minimum atomic E-state index is -0.613. The van der Waals surface area contributed by atoms with Gasteiger partial charge in [0.1, 0.15) is 0 Å². The van der Waals surface area contributed by atoms with Gasteiger partial charge in [-0.25, -0.2) is 0 Å². The second kappa shape index (κ2) is 6.71. The van der Waals surface area contributed by atoms with Crippen LogP contribution in [0.25, 0.3) is 0 Å². The summed E-state index contributed by atoms with van der Waals surface area (Å²) in [5.74, 6) is -0.181. The van der Waals surface area contributed by atoms with Gasteiger partial charge in [-0.1, -0.05) is 13.8 Å². The van der Waals surface area contributed by atoms with E-state index in [1.165, 1.54) is 0 Å². The SMILES string of the molecule is CCOC(=O)CC(C)NCC1(O)CCC(C)(C)CC1. The van der Waals surface area contributed by atoms with E-state index < -0.39 is 5.60 Å². The Morgan fingerprint density at radius 1 is 1.32 bits per heavy atom. The van der Waals surface area contributed by atoms with Gasteiger partial charge in [0.2, 0.25) is 0 Å². The molecule has 2 N–H and O–H groups in total. The van der Waals surface area contributed by atoms with Crippen LogP contribution in [-0.2, 0) is 9.53 Å². The average Bonchev–Trinajstić information content (AvgIpc) is 2.32. The smallest absolute Gasteiger partial charge is 0.307 e. The van der Waals surface area contributed by atoms with Crippen LogP contribution in [0.15, 0.2) is 0 Å². The number of nitrogens with one attached hydrogen (secondary N) is 1. The van der Waals surface area contributed by atoms with E-state index in [0.717, 1.165) is 25.7 Å². The van der Waals surface area contributed by atoms with E-state index in [1.54, 1.807) is 0 Å². The summed E-state index contributed by atoms with van der Waals surface area (Å²) in [4.78, 5) is 11.3. The summed E-state index contributed by atoms with van der Waals surface area (Å²) in [5, 5.41) is 13.8. The first-order valence-electron chi connectivity index (χ1n) is 7.38. The first-order valence-corrected chi connectivity index (χ1v) is 7.38. The Kier molecular flexibility index (Phi) is 5.81. The molecule has 0 heterocycles. The third-order valence-electron chi connectivity index (χ3n) is 4.09. The number of hydrogen-bond acceptors (Lipinski definition) is 4. The van der Waals surface area contributed by atoms with Crippen molar-refractivity contribution in [2.75, 3.05) is 13.2 Å². The minimum absolute atomic E-state index is 0.0398. The number of carbonyl (C=O) groups excluding carboxylic acids is 1. The average molecular weight is 271 g/mol. The summed E-state index contributed by atoms with van der Waals surface area (Å²) in [6.45, 7) is 9.25.